The Labute approximate surface area is 404 Å². The molecule has 6 nitrogen and oxygen atoms in total. The molecule has 0 aromatic heterocycles. The maximum absolute atomic E-state index is 7.39. The molecule has 4 aromatic carbocycles. The lowest BCUT2D eigenvalue weighted by molar-refractivity contribution is -0.340. The molecule has 6 heteroatoms. The van der Waals surface area contributed by atoms with Crippen LogP contribution in [-0.2, 0) is 54.8 Å². The van der Waals surface area contributed by atoms with Crippen LogP contribution in [0.25, 0.3) is 0 Å². The first kappa shape index (κ1) is 48.7. The minimum absolute atomic E-state index is 0.0707. The summed E-state index contributed by atoms with van der Waals surface area (Å²) in [6.07, 6.45) is 13.3. The van der Waals surface area contributed by atoms with E-state index in [1.807, 2.05) is 18.2 Å². The van der Waals surface area contributed by atoms with Gasteiger partial charge < -0.3 is 28.4 Å². The van der Waals surface area contributed by atoms with Gasteiger partial charge in [0.05, 0.1) is 39.1 Å². The van der Waals surface area contributed by atoms with Crippen molar-refractivity contribution in [2.45, 2.75) is 175 Å². The van der Waals surface area contributed by atoms with E-state index in [0.29, 0.717) is 49.8 Å². The van der Waals surface area contributed by atoms with Crippen LogP contribution in [0, 0.1) is 52.3 Å². The second kappa shape index (κ2) is 22.6. The van der Waals surface area contributed by atoms with Gasteiger partial charge in [0.15, 0.2) is 6.29 Å². The van der Waals surface area contributed by atoms with Gasteiger partial charge in [-0.1, -0.05) is 175 Å². The fourth-order valence-electron chi connectivity index (χ4n) is 14.4. The molecule has 67 heavy (non-hydrogen) atoms. The first-order valence-corrected chi connectivity index (χ1v) is 26.6. The summed E-state index contributed by atoms with van der Waals surface area (Å²) < 4.78 is 42.2. The first-order chi connectivity index (χ1) is 32.7. The Balaban J connectivity index is 0.946. The van der Waals surface area contributed by atoms with E-state index in [4.69, 9.17) is 28.4 Å². The fraction of sp³-hybridized carbons (Fsp3) is 0.607. The molecular weight excluding hydrogens is 829 g/mol. The van der Waals surface area contributed by atoms with Crippen molar-refractivity contribution >= 4 is 0 Å². The van der Waals surface area contributed by atoms with Gasteiger partial charge in [-0.3, -0.25) is 0 Å². The van der Waals surface area contributed by atoms with E-state index in [2.05, 4.69) is 138 Å². The Morgan fingerprint density at radius 3 is 1.69 bits per heavy atom. The summed E-state index contributed by atoms with van der Waals surface area (Å²) in [5, 5.41) is 0. The Morgan fingerprint density at radius 1 is 0.552 bits per heavy atom. The summed E-state index contributed by atoms with van der Waals surface area (Å²) in [7, 11) is 0. The molecule has 362 valence electrons. The lowest BCUT2D eigenvalue weighted by Gasteiger charge is -2.61. The lowest BCUT2D eigenvalue weighted by Crippen LogP contribution is -2.62. The Morgan fingerprint density at radius 2 is 1.09 bits per heavy atom. The van der Waals surface area contributed by atoms with Crippen LogP contribution in [0.5, 0.6) is 0 Å². The molecular formula is C61H82O6. The van der Waals surface area contributed by atoms with Gasteiger partial charge in [0.1, 0.15) is 24.4 Å². The Kier molecular flexibility index (Phi) is 16.4. The average Bonchev–Trinajstić information content (AvgIpc) is 3.71. The molecule has 0 bridgehead atoms. The maximum atomic E-state index is 7.39. The summed E-state index contributed by atoms with van der Waals surface area (Å²) in [6, 6.07) is 41.6. The molecule has 4 saturated carbocycles. The van der Waals surface area contributed by atoms with Crippen LogP contribution in [-0.4, -0.2) is 43.4 Å². The number of ether oxygens (including phenoxy) is 6. The van der Waals surface area contributed by atoms with Crippen LogP contribution in [0.4, 0.5) is 0 Å². The molecule has 0 amide bonds. The minimum Gasteiger partial charge on any atom is -0.374 e. The molecule has 0 spiro atoms. The van der Waals surface area contributed by atoms with Crippen molar-refractivity contribution < 1.29 is 28.4 Å². The van der Waals surface area contributed by atoms with E-state index in [-0.39, 0.29) is 6.10 Å². The summed E-state index contributed by atoms with van der Waals surface area (Å²) in [5.74, 6) is 5.77. The maximum Gasteiger partial charge on any atom is 0.187 e. The van der Waals surface area contributed by atoms with Crippen molar-refractivity contribution in [3.63, 3.8) is 0 Å². The zero-order chi connectivity index (χ0) is 46.2. The average molecular weight is 911 g/mol. The predicted octanol–water partition coefficient (Wildman–Crippen LogP) is 14.2. The normalized spacial score (nSPS) is 34.3. The third-order valence-corrected chi connectivity index (χ3v) is 18.0. The van der Waals surface area contributed by atoms with E-state index in [1.165, 1.54) is 64.2 Å². The second-order valence-corrected chi connectivity index (χ2v) is 22.5. The Bertz CT molecular complexity index is 2060. The van der Waals surface area contributed by atoms with Gasteiger partial charge in [-0.15, -0.1) is 0 Å². The van der Waals surface area contributed by atoms with Crippen LogP contribution in [0.2, 0.25) is 0 Å². The van der Waals surface area contributed by atoms with Gasteiger partial charge in [-0.05, 0) is 132 Å². The summed E-state index contributed by atoms with van der Waals surface area (Å²) in [4.78, 5) is 0. The quantitative estimate of drug-likeness (QED) is 0.0824. The van der Waals surface area contributed by atoms with Crippen LogP contribution in [0.3, 0.4) is 0 Å². The van der Waals surface area contributed by atoms with Gasteiger partial charge in [-0.2, -0.15) is 0 Å². The molecule has 0 unspecified atom stereocenters. The molecule has 1 aliphatic heterocycles. The molecule has 0 N–H and O–H groups in total. The van der Waals surface area contributed by atoms with E-state index < -0.39 is 30.7 Å². The summed E-state index contributed by atoms with van der Waals surface area (Å²) in [6.45, 7) is 14.8. The SMILES string of the molecule is CC(C)CCC[C@@H](C)[C@H]1CC[C@H]2[C@@H]3CC[C@H]4C[C@@H](O[C@H]5O[C@H](COCc6ccccc6)[C@@H](OCc6ccccc6)[C@H](OCc6ccccc6)[C@H]5OCc5ccccc5)CC[C@]4(C)[C@H]3CC[C@]12C. The number of rotatable bonds is 20. The van der Waals surface area contributed by atoms with Crippen LogP contribution in [0.15, 0.2) is 121 Å². The molecule has 5 fully saturated rings. The number of hydrogen-bond acceptors (Lipinski definition) is 6. The topological polar surface area (TPSA) is 55.4 Å². The van der Waals surface area contributed by atoms with Crippen molar-refractivity contribution in [2.24, 2.45) is 52.3 Å². The molecule has 5 aliphatic rings. The second-order valence-electron chi connectivity index (χ2n) is 22.5. The first-order valence-electron chi connectivity index (χ1n) is 26.6. The van der Waals surface area contributed by atoms with Crippen molar-refractivity contribution in [1.29, 1.82) is 0 Å². The van der Waals surface area contributed by atoms with E-state index in [9.17, 15) is 0 Å². The van der Waals surface area contributed by atoms with Gasteiger partial charge in [-0.25, -0.2) is 0 Å². The van der Waals surface area contributed by atoms with Gasteiger partial charge in [0.2, 0.25) is 0 Å². The number of hydrogen-bond donors (Lipinski definition) is 0. The highest BCUT2D eigenvalue weighted by molar-refractivity contribution is 5.17. The van der Waals surface area contributed by atoms with Crippen molar-refractivity contribution in [2.75, 3.05) is 6.61 Å². The predicted molar refractivity (Wildman–Crippen MR) is 268 cm³/mol. The van der Waals surface area contributed by atoms with Gasteiger partial charge in [0, 0.05) is 0 Å². The van der Waals surface area contributed by atoms with Gasteiger partial charge in [0.25, 0.3) is 0 Å². The Hall–Kier alpha value is -3.36. The van der Waals surface area contributed by atoms with E-state index in [1.54, 1.807) is 0 Å². The summed E-state index contributed by atoms with van der Waals surface area (Å²) >= 11 is 0. The highest BCUT2D eigenvalue weighted by Gasteiger charge is 2.61. The van der Waals surface area contributed by atoms with Crippen LogP contribution >= 0.6 is 0 Å². The van der Waals surface area contributed by atoms with E-state index >= 15 is 0 Å². The van der Waals surface area contributed by atoms with Gasteiger partial charge >= 0.3 is 0 Å². The molecule has 1 saturated heterocycles. The third kappa shape index (κ3) is 11.5. The van der Waals surface area contributed by atoms with Crippen molar-refractivity contribution in [3.8, 4) is 0 Å². The molecule has 4 aliphatic carbocycles. The highest BCUT2D eigenvalue weighted by Crippen LogP contribution is 2.68. The molecule has 4 aromatic rings. The standard InChI is InChI=1S/C61H82O6/c1-43(2)19-18-20-44(3)52-31-32-53-51-30-29-49-37-50(33-35-60(49,4)54(51)34-36-61(52,53)5)66-59-58(65-41-48-27-16-9-17-28-48)57(64-40-47-25-14-8-15-26-47)56(63-39-46-23-12-7-13-24-46)55(67-59)42-62-38-45-21-10-6-11-22-45/h6-17,21-28,43-44,49-59H,18-20,29-42H2,1-5H3/t44-,49+,50+,51+,52-,53+,54+,55-,56-,57+,58-,59+,60+,61-/m1/s1. The van der Waals surface area contributed by atoms with Crippen LogP contribution < -0.4 is 0 Å². The van der Waals surface area contributed by atoms with Crippen molar-refractivity contribution in [1.82, 2.24) is 0 Å². The zero-order valence-electron chi connectivity index (χ0n) is 41.5. The highest BCUT2D eigenvalue weighted by atomic mass is 16.7. The molecule has 1 heterocycles. The number of benzene rings is 4. The number of fused-ring (bicyclic) bond motifs is 5. The largest absolute Gasteiger partial charge is 0.374 e. The summed E-state index contributed by atoms with van der Waals surface area (Å²) in [5.41, 5.74) is 5.28. The third-order valence-electron chi connectivity index (χ3n) is 18.0. The molecule has 0 radical (unpaired) electrons. The lowest BCUT2D eigenvalue weighted by atomic mass is 9.44. The van der Waals surface area contributed by atoms with E-state index in [0.717, 1.165) is 70.6 Å². The monoisotopic (exact) mass is 911 g/mol. The zero-order valence-corrected chi connectivity index (χ0v) is 41.5. The minimum atomic E-state index is -0.662. The van der Waals surface area contributed by atoms with Crippen molar-refractivity contribution in [3.05, 3.63) is 144 Å². The molecule has 14 atom stereocenters. The van der Waals surface area contributed by atoms with Crippen LogP contribution in [0.1, 0.15) is 134 Å². The molecule has 9 rings (SSSR count). The fourth-order valence-corrected chi connectivity index (χ4v) is 14.4. The smallest absolute Gasteiger partial charge is 0.187 e.